The molecule has 1 heterocycles. The maximum atomic E-state index is 12.8. The predicted molar refractivity (Wildman–Crippen MR) is 113 cm³/mol. The molecule has 2 rings (SSSR count). The summed E-state index contributed by atoms with van der Waals surface area (Å²) in [5.74, 6) is 0.112. The van der Waals surface area contributed by atoms with Crippen LogP contribution in [0.1, 0.15) is 59.9 Å². The van der Waals surface area contributed by atoms with Crippen molar-refractivity contribution in [2.45, 2.75) is 65.3 Å². The summed E-state index contributed by atoms with van der Waals surface area (Å²) in [6.07, 6.45) is 1.34. The summed E-state index contributed by atoms with van der Waals surface area (Å²) < 4.78 is 5.34. The van der Waals surface area contributed by atoms with Gasteiger partial charge in [0.05, 0.1) is 12.8 Å². The number of nitrogens with one attached hydrogen (secondary N) is 2. The molecule has 7 heteroatoms. The highest BCUT2D eigenvalue weighted by Gasteiger charge is 2.47. The highest BCUT2D eigenvalue weighted by Crippen LogP contribution is 2.31. The Labute approximate surface area is 173 Å². The SMILES string of the molecule is COc1ccc(C(C)(C)C)cc1NC(=O)CN1C(=O)NC(C)(CCC(C)C)C1=O. The van der Waals surface area contributed by atoms with Crippen molar-refractivity contribution < 1.29 is 19.1 Å². The number of ether oxygens (including phenoxy) is 1. The number of carbonyl (C=O) groups excluding carboxylic acids is 3. The molecule has 4 amide bonds. The number of hydrogen-bond donors (Lipinski definition) is 2. The fourth-order valence-corrected chi connectivity index (χ4v) is 3.24. The summed E-state index contributed by atoms with van der Waals surface area (Å²) in [7, 11) is 1.53. The molecule has 1 saturated heterocycles. The van der Waals surface area contributed by atoms with Crippen LogP contribution >= 0.6 is 0 Å². The number of amides is 4. The zero-order chi connectivity index (χ0) is 22.0. The lowest BCUT2D eigenvalue weighted by Crippen LogP contribution is -2.44. The third-order valence-electron chi connectivity index (χ3n) is 5.21. The number of benzene rings is 1. The van der Waals surface area contributed by atoms with Gasteiger partial charge in [-0.05, 0) is 48.8 Å². The first-order chi connectivity index (χ1) is 13.4. The molecule has 2 N–H and O–H groups in total. The zero-order valence-electron chi connectivity index (χ0n) is 18.5. The summed E-state index contributed by atoms with van der Waals surface area (Å²) >= 11 is 0. The molecule has 0 bridgehead atoms. The highest BCUT2D eigenvalue weighted by atomic mass is 16.5. The van der Waals surface area contributed by atoms with Crippen molar-refractivity contribution in [3.05, 3.63) is 23.8 Å². The van der Waals surface area contributed by atoms with E-state index in [1.54, 1.807) is 13.0 Å². The average molecular weight is 404 g/mol. The monoisotopic (exact) mass is 403 g/mol. The van der Waals surface area contributed by atoms with Crippen molar-refractivity contribution in [2.75, 3.05) is 19.0 Å². The van der Waals surface area contributed by atoms with Crippen molar-refractivity contribution in [3.63, 3.8) is 0 Å². The Morgan fingerprint density at radius 2 is 1.93 bits per heavy atom. The molecule has 0 radical (unpaired) electrons. The van der Waals surface area contributed by atoms with Gasteiger partial charge in [-0.25, -0.2) is 4.79 Å². The largest absolute Gasteiger partial charge is 0.495 e. The number of imide groups is 1. The molecule has 160 valence electrons. The van der Waals surface area contributed by atoms with Gasteiger partial charge in [-0.3, -0.25) is 14.5 Å². The third-order valence-corrected chi connectivity index (χ3v) is 5.21. The van der Waals surface area contributed by atoms with Crippen LogP contribution in [0.3, 0.4) is 0 Å². The molecule has 0 saturated carbocycles. The van der Waals surface area contributed by atoms with Gasteiger partial charge in [-0.2, -0.15) is 0 Å². The second-order valence-corrected chi connectivity index (χ2v) is 9.30. The van der Waals surface area contributed by atoms with Crippen LogP contribution < -0.4 is 15.4 Å². The zero-order valence-corrected chi connectivity index (χ0v) is 18.5. The summed E-state index contributed by atoms with van der Waals surface area (Å²) in [5.41, 5.74) is 0.477. The van der Waals surface area contributed by atoms with Gasteiger partial charge in [0, 0.05) is 0 Å². The fraction of sp³-hybridized carbons (Fsp3) is 0.591. The van der Waals surface area contributed by atoms with Gasteiger partial charge >= 0.3 is 6.03 Å². The number of carbonyl (C=O) groups is 3. The minimum Gasteiger partial charge on any atom is -0.495 e. The Balaban J connectivity index is 2.13. The Morgan fingerprint density at radius 1 is 1.28 bits per heavy atom. The van der Waals surface area contributed by atoms with Gasteiger partial charge in [0.1, 0.15) is 17.8 Å². The molecule has 0 aromatic heterocycles. The van der Waals surface area contributed by atoms with Crippen LogP contribution in [-0.2, 0) is 15.0 Å². The number of hydrogen-bond acceptors (Lipinski definition) is 4. The number of rotatable bonds is 7. The molecule has 1 aromatic rings. The minimum absolute atomic E-state index is 0.102. The Kier molecular flexibility index (Phi) is 6.60. The predicted octanol–water partition coefficient (Wildman–Crippen LogP) is 3.68. The lowest BCUT2D eigenvalue weighted by atomic mass is 9.87. The molecular weight excluding hydrogens is 370 g/mol. The third kappa shape index (κ3) is 5.28. The van der Waals surface area contributed by atoms with Gasteiger partial charge < -0.3 is 15.4 Å². The van der Waals surface area contributed by atoms with Crippen LogP contribution in [0, 0.1) is 5.92 Å². The van der Waals surface area contributed by atoms with E-state index in [0.29, 0.717) is 23.8 Å². The van der Waals surface area contributed by atoms with Crippen molar-refractivity contribution in [1.29, 1.82) is 0 Å². The molecule has 1 aliphatic heterocycles. The second-order valence-electron chi connectivity index (χ2n) is 9.30. The molecule has 1 aliphatic rings. The van der Waals surface area contributed by atoms with E-state index >= 15 is 0 Å². The molecule has 1 fully saturated rings. The normalized spacial score (nSPS) is 19.5. The molecule has 29 heavy (non-hydrogen) atoms. The first-order valence-electron chi connectivity index (χ1n) is 10.00. The van der Waals surface area contributed by atoms with E-state index in [0.717, 1.165) is 16.9 Å². The van der Waals surface area contributed by atoms with Crippen LogP contribution in [0.25, 0.3) is 0 Å². The van der Waals surface area contributed by atoms with Crippen LogP contribution in [0.5, 0.6) is 5.75 Å². The Bertz CT molecular complexity index is 798. The van der Waals surface area contributed by atoms with Crippen LogP contribution in [0.2, 0.25) is 0 Å². The van der Waals surface area contributed by atoms with Crippen LogP contribution in [0.15, 0.2) is 18.2 Å². The molecule has 7 nitrogen and oxygen atoms in total. The van der Waals surface area contributed by atoms with Crippen LogP contribution in [-0.4, -0.2) is 41.9 Å². The number of urea groups is 1. The maximum absolute atomic E-state index is 12.8. The first-order valence-corrected chi connectivity index (χ1v) is 10.00. The van der Waals surface area contributed by atoms with Gasteiger partial charge in [-0.15, -0.1) is 0 Å². The summed E-state index contributed by atoms with van der Waals surface area (Å²) in [6, 6.07) is 5.07. The number of nitrogens with zero attached hydrogens (tertiary/aromatic N) is 1. The number of anilines is 1. The van der Waals surface area contributed by atoms with E-state index in [9.17, 15) is 14.4 Å². The standard InChI is InChI=1S/C22H33N3O4/c1-14(2)10-11-22(6)19(27)25(20(28)24-22)13-18(26)23-16-12-15(21(3,4)5)8-9-17(16)29-7/h8-9,12,14H,10-11,13H2,1-7H3,(H,23,26)(H,24,28). The van der Waals surface area contributed by atoms with Crippen molar-refractivity contribution >= 4 is 23.5 Å². The van der Waals surface area contributed by atoms with Gasteiger partial charge in [0.25, 0.3) is 5.91 Å². The van der Waals surface area contributed by atoms with E-state index < -0.39 is 17.5 Å². The molecule has 0 spiro atoms. The van der Waals surface area contributed by atoms with E-state index in [-0.39, 0.29) is 17.9 Å². The lowest BCUT2D eigenvalue weighted by molar-refractivity contribution is -0.133. The molecule has 1 aromatic carbocycles. The topological polar surface area (TPSA) is 87.7 Å². The minimum atomic E-state index is -0.967. The second kappa shape index (κ2) is 8.43. The molecule has 1 atom stereocenters. The lowest BCUT2D eigenvalue weighted by Gasteiger charge is -2.23. The molecule has 0 aliphatic carbocycles. The fourth-order valence-electron chi connectivity index (χ4n) is 3.24. The van der Waals surface area contributed by atoms with Gasteiger partial charge in [0.2, 0.25) is 5.91 Å². The summed E-state index contributed by atoms with van der Waals surface area (Å²) in [4.78, 5) is 38.7. The smallest absolute Gasteiger partial charge is 0.325 e. The summed E-state index contributed by atoms with van der Waals surface area (Å²) in [6.45, 7) is 11.7. The van der Waals surface area contributed by atoms with Gasteiger partial charge in [0.15, 0.2) is 0 Å². The van der Waals surface area contributed by atoms with Gasteiger partial charge in [-0.1, -0.05) is 40.7 Å². The Hall–Kier alpha value is -2.57. The Morgan fingerprint density at radius 3 is 2.48 bits per heavy atom. The molecular formula is C22H33N3O4. The average Bonchev–Trinajstić information content (AvgIpc) is 2.83. The summed E-state index contributed by atoms with van der Waals surface area (Å²) in [5, 5.41) is 5.52. The van der Waals surface area contributed by atoms with Crippen molar-refractivity contribution in [2.24, 2.45) is 5.92 Å². The van der Waals surface area contributed by atoms with Crippen LogP contribution in [0.4, 0.5) is 10.5 Å². The van der Waals surface area contributed by atoms with Crippen molar-refractivity contribution in [1.82, 2.24) is 10.2 Å². The van der Waals surface area contributed by atoms with E-state index in [2.05, 4.69) is 45.3 Å². The first kappa shape index (κ1) is 22.7. The maximum Gasteiger partial charge on any atom is 0.325 e. The quantitative estimate of drug-likeness (QED) is 0.680. The van der Waals surface area contributed by atoms with E-state index in [4.69, 9.17) is 4.74 Å². The van der Waals surface area contributed by atoms with E-state index in [1.165, 1.54) is 7.11 Å². The molecule has 1 unspecified atom stereocenters. The highest BCUT2D eigenvalue weighted by molar-refractivity contribution is 6.10. The van der Waals surface area contributed by atoms with Crippen molar-refractivity contribution in [3.8, 4) is 5.75 Å². The number of methoxy groups -OCH3 is 1. The van der Waals surface area contributed by atoms with E-state index in [1.807, 2.05) is 12.1 Å².